The lowest BCUT2D eigenvalue weighted by Gasteiger charge is -2.32. The number of piperidine rings is 1. The van der Waals surface area contributed by atoms with Gasteiger partial charge in [-0.15, -0.1) is 0 Å². The van der Waals surface area contributed by atoms with Gasteiger partial charge in [-0.3, -0.25) is 14.8 Å². The summed E-state index contributed by atoms with van der Waals surface area (Å²) in [5, 5.41) is 9.05. The van der Waals surface area contributed by atoms with Crippen LogP contribution in [0.4, 0.5) is 4.39 Å². The number of aromatic nitrogens is 2. The second kappa shape index (κ2) is 6.83. The van der Waals surface area contributed by atoms with E-state index in [0.29, 0.717) is 13.1 Å². The molecule has 120 valence electrons. The number of amides is 1. The van der Waals surface area contributed by atoms with Crippen LogP contribution in [0.1, 0.15) is 24.5 Å². The maximum absolute atomic E-state index is 13.1. The van der Waals surface area contributed by atoms with Crippen LogP contribution in [0.15, 0.2) is 36.7 Å². The maximum Gasteiger partial charge on any atom is 0.248 e. The lowest BCUT2D eigenvalue weighted by molar-refractivity contribution is -0.135. The Morgan fingerprint density at radius 2 is 2.00 bits per heavy atom. The molecule has 2 heterocycles. The summed E-state index contributed by atoms with van der Waals surface area (Å²) >= 11 is 0. The molecule has 1 saturated heterocycles. The molecule has 1 atom stereocenters. The summed E-state index contributed by atoms with van der Waals surface area (Å²) in [5.74, 6) is -0.494. The van der Waals surface area contributed by atoms with Gasteiger partial charge in [-0.05, 0) is 37.1 Å². The van der Waals surface area contributed by atoms with Gasteiger partial charge >= 0.3 is 0 Å². The summed E-state index contributed by atoms with van der Waals surface area (Å²) in [6.07, 6.45) is 5.01. The molecule has 2 aromatic rings. The van der Waals surface area contributed by atoms with Gasteiger partial charge in [0, 0.05) is 37.0 Å². The summed E-state index contributed by atoms with van der Waals surface area (Å²) in [6, 6.07) is 6.16. The molecular formula is C17H18FN3O2. The number of aliphatic hydroxyl groups excluding tert-OH is 1. The summed E-state index contributed by atoms with van der Waals surface area (Å²) in [4.78, 5) is 22.3. The van der Waals surface area contributed by atoms with Crippen molar-refractivity contribution in [3.05, 3.63) is 48.2 Å². The Bertz CT molecular complexity index is 690. The quantitative estimate of drug-likeness (QED) is 0.940. The van der Waals surface area contributed by atoms with Crippen LogP contribution < -0.4 is 0 Å². The maximum atomic E-state index is 13.1. The molecule has 0 bridgehead atoms. The molecule has 1 aromatic carbocycles. The summed E-state index contributed by atoms with van der Waals surface area (Å²) in [5.41, 5.74) is 2.34. The van der Waals surface area contributed by atoms with Crippen molar-refractivity contribution in [2.24, 2.45) is 0 Å². The first kappa shape index (κ1) is 15.6. The third-order valence-electron chi connectivity index (χ3n) is 4.14. The van der Waals surface area contributed by atoms with Gasteiger partial charge in [0.25, 0.3) is 0 Å². The highest BCUT2D eigenvalue weighted by Gasteiger charge is 2.27. The normalized spacial score (nSPS) is 18.0. The van der Waals surface area contributed by atoms with E-state index in [1.807, 2.05) is 0 Å². The van der Waals surface area contributed by atoms with E-state index >= 15 is 0 Å². The summed E-state index contributed by atoms with van der Waals surface area (Å²) < 4.78 is 13.1. The predicted octanol–water partition coefficient (Wildman–Crippen LogP) is 1.98. The fourth-order valence-electron chi connectivity index (χ4n) is 3.00. The van der Waals surface area contributed by atoms with Gasteiger partial charge in [0.1, 0.15) is 12.4 Å². The topological polar surface area (TPSA) is 66.3 Å². The Labute approximate surface area is 133 Å². The Balaban J connectivity index is 1.91. The van der Waals surface area contributed by atoms with Crippen molar-refractivity contribution in [3.63, 3.8) is 0 Å². The molecule has 5 nitrogen and oxygen atoms in total. The first-order chi connectivity index (χ1) is 11.2. The molecule has 0 spiro atoms. The number of likely N-dealkylation sites (tertiary alicyclic amines) is 1. The second-order valence-corrected chi connectivity index (χ2v) is 5.63. The van der Waals surface area contributed by atoms with E-state index in [2.05, 4.69) is 9.97 Å². The number of rotatable bonds is 3. The van der Waals surface area contributed by atoms with Crippen molar-refractivity contribution >= 4 is 5.91 Å². The van der Waals surface area contributed by atoms with Crippen LogP contribution in [0, 0.1) is 5.82 Å². The number of aliphatic hydroxyl groups is 1. The first-order valence-corrected chi connectivity index (χ1v) is 7.64. The van der Waals surface area contributed by atoms with Crippen LogP contribution >= 0.6 is 0 Å². The van der Waals surface area contributed by atoms with Gasteiger partial charge in [-0.25, -0.2) is 4.39 Å². The van der Waals surface area contributed by atoms with Crippen molar-refractivity contribution in [1.82, 2.24) is 14.9 Å². The first-order valence-electron chi connectivity index (χ1n) is 7.64. The minimum absolute atomic E-state index is 0.0630. The average molecular weight is 315 g/mol. The summed E-state index contributed by atoms with van der Waals surface area (Å²) in [7, 11) is 0. The molecule has 1 unspecified atom stereocenters. The van der Waals surface area contributed by atoms with E-state index in [9.17, 15) is 9.18 Å². The zero-order valence-electron chi connectivity index (χ0n) is 12.7. The molecule has 0 saturated carbocycles. The van der Waals surface area contributed by atoms with Crippen molar-refractivity contribution in [3.8, 4) is 11.3 Å². The van der Waals surface area contributed by atoms with E-state index in [4.69, 9.17) is 5.11 Å². The number of carbonyl (C=O) groups is 1. The second-order valence-electron chi connectivity index (χ2n) is 5.63. The molecule has 1 N–H and O–H groups in total. The Hall–Kier alpha value is -2.34. The standard InChI is InChI=1S/C17H18FN3O2/c18-14-5-3-12(4-6-14)16-17(20-8-7-19-16)13-2-1-9-21(10-13)15(23)11-22/h3-8,13,22H,1-2,9-11H2. The largest absolute Gasteiger partial charge is 0.387 e. The van der Waals surface area contributed by atoms with Gasteiger partial charge in [0.2, 0.25) is 5.91 Å². The minimum Gasteiger partial charge on any atom is -0.387 e. The molecule has 3 rings (SSSR count). The van der Waals surface area contributed by atoms with Crippen molar-refractivity contribution in [2.75, 3.05) is 19.7 Å². The van der Waals surface area contributed by atoms with E-state index in [1.165, 1.54) is 12.1 Å². The fraction of sp³-hybridized carbons (Fsp3) is 0.353. The smallest absolute Gasteiger partial charge is 0.248 e. The number of carbonyl (C=O) groups excluding carboxylic acids is 1. The third-order valence-corrected chi connectivity index (χ3v) is 4.14. The van der Waals surface area contributed by atoms with E-state index < -0.39 is 6.61 Å². The van der Waals surface area contributed by atoms with Crippen molar-refractivity contribution < 1.29 is 14.3 Å². The summed E-state index contributed by atoms with van der Waals surface area (Å²) in [6.45, 7) is 0.701. The predicted molar refractivity (Wildman–Crippen MR) is 83.1 cm³/mol. The van der Waals surface area contributed by atoms with Gasteiger partial charge in [0.15, 0.2) is 0 Å². The Morgan fingerprint density at radius 3 is 2.74 bits per heavy atom. The molecule has 1 amide bonds. The van der Waals surface area contributed by atoms with Crippen molar-refractivity contribution in [1.29, 1.82) is 0 Å². The zero-order valence-corrected chi connectivity index (χ0v) is 12.7. The molecule has 0 radical (unpaired) electrons. The molecule has 1 fully saturated rings. The minimum atomic E-state index is -0.474. The molecule has 0 aliphatic carbocycles. The van der Waals surface area contributed by atoms with Gasteiger partial charge in [-0.1, -0.05) is 0 Å². The van der Waals surface area contributed by atoms with Crippen molar-refractivity contribution in [2.45, 2.75) is 18.8 Å². The monoisotopic (exact) mass is 315 g/mol. The van der Waals surface area contributed by atoms with Crippen LogP contribution in [0.2, 0.25) is 0 Å². The molecule has 6 heteroatoms. The lowest BCUT2D eigenvalue weighted by Crippen LogP contribution is -2.40. The van der Waals surface area contributed by atoms with E-state index in [0.717, 1.165) is 29.8 Å². The number of halogens is 1. The van der Waals surface area contributed by atoms with Crippen LogP contribution in [0.25, 0.3) is 11.3 Å². The number of benzene rings is 1. The number of hydrogen-bond acceptors (Lipinski definition) is 4. The number of hydrogen-bond donors (Lipinski definition) is 1. The van der Waals surface area contributed by atoms with Gasteiger partial charge < -0.3 is 10.0 Å². The average Bonchev–Trinajstić information content (AvgIpc) is 2.62. The SMILES string of the molecule is O=C(CO)N1CCCC(c2nccnc2-c2ccc(F)cc2)C1. The molecule has 1 aliphatic rings. The highest BCUT2D eigenvalue weighted by atomic mass is 19.1. The Kier molecular flexibility index (Phi) is 4.62. The van der Waals surface area contributed by atoms with E-state index in [-0.39, 0.29) is 17.6 Å². The molecule has 1 aliphatic heterocycles. The highest BCUT2D eigenvalue weighted by Crippen LogP contribution is 2.31. The number of nitrogens with zero attached hydrogens (tertiary/aromatic N) is 3. The van der Waals surface area contributed by atoms with E-state index in [1.54, 1.807) is 29.4 Å². The van der Waals surface area contributed by atoms with Crippen LogP contribution in [0.3, 0.4) is 0 Å². The van der Waals surface area contributed by atoms with Crippen LogP contribution in [0.5, 0.6) is 0 Å². The van der Waals surface area contributed by atoms with Crippen LogP contribution in [-0.4, -0.2) is 45.6 Å². The zero-order chi connectivity index (χ0) is 16.2. The molecule has 23 heavy (non-hydrogen) atoms. The third kappa shape index (κ3) is 3.37. The fourth-order valence-corrected chi connectivity index (χ4v) is 3.00. The van der Waals surface area contributed by atoms with Crippen LogP contribution in [-0.2, 0) is 4.79 Å². The molecular weight excluding hydrogens is 297 g/mol. The van der Waals surface area contributed by atoms with Gasteiger partial charge in [0.05, 0.1) is 11.4 Å². The Morgan fingerprint density at radius 1 is 1.26 bits per heavy atom. The highest BCUT2D eigenvalue weighted by molar-refractivity contribution is 5.77. The molecule has 1 aromatic heterocycles. The lowest BCUT2D eigenvalue weighted by atomic mass is 9.91. The van der Waals surface area contributed by atoms with Gasteiger partial charge in [-0.2, -0.15) is 0 Å².